The van der Waals surface area contributed by atoms with E-state index >= 15 is 0 Å². The van der Waals surface area contributed by atoms with Gasteiger partial charge >= 0.3 is 0 Å². The highest BCUT2D eigenvalue weighted by molar-refractivity contribution is 5.28. The Morgan fingerprint density at radius 3 is 3.00 bits per heavy atom. The van der Waals surface area contributed by atoms with E-state index in [1.165, 1.54) is 17.0 Å². The number of hydrogen-bond acceptors (Lipinski definition) is 1. The quantitative estimate of drug-likeness (QED) is 0.696. The maximum atomic E-state index is 4.43. The third kappa shape index (κ3) is 1.45. The van der Waals surface area contributed by atoms with Crippen LogP contribution < -0.4 is 5.32 Å². The van der Waals surface area contributed by atoms with Crippen LogP contribution in [0.5, 0.6) is 0 Å². The molecule has 0 bridgehead atoms. The van der Waals surface area contributed by atoms with E-state index in [1.54, 1.807) is 6.33 Å². The van der Waals surface area contributed by atoms with Crippen molar-refractivity contribution < 1.29 is 5.32 Å². The number of nitrogens with two attached hydrogens (primary N) is 1. The lowest BCUT2D eigenvalue weighted by Crippen LogP contribution is -2.87. The Morgan fingerprint density at radius 1 is 1.27 bits per heavy atom. The van der Waals surface area contributed by atoms with Gasteiger partial charge in [0.2, 0.25) is 0 Å². The molecule has 15 heavy (non-hydrogen) atoms. The highest BCUT2D eigenvalue weighted by Gasteiger charge is 2.26. The molecular weight excluding hydrogens is 186 g/mol. The number of aromatic nitrogens is 2. The summed E-state index contributed by atoms with van der Waals surface area (Å²) in [7, 11) is 0. The number of fused-ring (bicyclic) bond motifs is 1. The van der Waals surface area contributed by atoms with E-state index in [0.29, 0.717) is 6.04 Å². The van der Waals surface area contributed by atoms with Crippen molar-refractivity contribution in [3.8, 4) is 0 Å². The van der Waals surface area contributed by atoms with Gasteiger partial charge in [0.15, 0.2) is 6.04 Å². The van der Waals surface area contributed by atoms with E-state index in [1.807, 2.05) is 0 Å². The summed E-state index contributed by atoms with van der Waals surface area (Å²) in [6, 6.07) is 10.9. The molecule has 0 radical (unpaired) electrons. The number of quaternary nitrogens is 1. The van der Waals surface area contributed by atoms with Crippen LogP contribution in [0.1, 0.15) is 23.0 Å². The number of hydrogen-bond donors (Lipinski definition) is 2. The van der Waals surface area contributed by atoms with Crippen LogP contribution in [0.4, 0.5) is 0 Å². The van der Waals surface area contributed by atoms with Gasteiger partial charge < -0.3 is 10.3 Å². The number of nitrogens with one attached hydrogen (secondary N) is 1. The molecule has 0 unspecified atom stereocenters. The Kier molecular flexibility index (Phi) is 2.03. The number of imidazole rings is 1. The first-order chi connectivity index (χ1) is 7.45. The molecule has 0 fully saturated rings. The molecule has 3 nitrogen and oxygen atoms in total. The topological polar surface area (TPSA) is 45.3 Å². The molecule has 3 N–H and O–H groups in total. The van der Waals surface area contributed by atoms with Gasteiger partial charge in [-0.3, -0.25) is 0 Å². The van der Waals surface area contributed by atoms with Crippen LogP contribution >= 0.6 is 0 Å². The zero-order chi connectivity index (χ0) is 10.1. The minimum Gasteiger partial charge on any atom is -0.348 e. The first-order valence-electron chi connectivity index (χ1n) is 5.35. The average molecular weight is 200 g/mol. The molecule has 2 aromatic rings. The van der Waals surface area contributed by atoms with E-state index in [-0.39, 0.29) is 0 Å². The van der Waals surface area contributed by atoms with E-state index < -0.39 is 0 Å². The van der Waals surface area contributed by atoms with Gasteiger partial charge in [-0.25, -0.2) is 4.98 Å². The molecule has 1 atom stereocenters. The van der Waals surface area contributed by atoms with Gasteiger partial charge in [-0.1, -0.05) is 30.3 Å². The highest BCUT2D eigenvalue weighted by atomic mass is 15.0. The molecule has 1 aliphatic rings. The summed E-state index contributed by atoms with van der Waals surface area (Å²) >= 11 is 0. The molecule has 1 aromatic carbocycles. The highest BCUT2D eigenvalue weighted by Crippen LogP contribution is 2.21. The minimum atomic E-state index is 0.376. The summed E-state index contributed by atoms with van der Waals surface area (Å²) in [4.78, 5) is 7.65. The van der Waals surface area contributed by atoms with Crippen molar-refractivity contribution in [3.05, 3.63) is 53.6 Å². The first-order valence-corrected chi connectivity index (χ1v) is 5.35. The van der Waals surface area contributed by atoms with Crippen molar-refractivity contribution in [2.45, 2.75) is 12.5 Å². The molecule has 3 heteroatoms. The molecule has 3 rings (SSSR count). The Balaban J connectivity index is 2.03. The fourth-order valence-corrected chi connectivity index (χ4v) is 2.26. The van der Waals surface area contributed by atoms with Crippen LogP contribution in [-0.2, 0) is 6.42 Å². The van der Waals surface area contributed by atoms with E-state index in [9.17, 15) is 0 Å². The van der Waals surface area contributed by atoms with Crippen molar-refractivity contribution in [2.24, 2.45) is 0 Å². The largest absolute Gasteiger partial charge is 0.348 e. The zero-order valence-electron chi connectivity index (χ0n) is 8.48. The predicted octanol–water partition coefficient (Wildman–Crippen LogP) is 0.619. The van der Waals surface area contributed by atoms with Crippen molar-refractivity contribution in [1.82, 2.24) is 9.97 Å². The van der Waals surface area contributed by atoms with Crippen LogP contribution in [0, 0.1) is 0 Å². The molecule has 76 valence electrons. The molecule has 0 saturated carbocycles. The number of aromatic amines is 1. The van der Waals surface area contributed by atoms with Crippen molar-refractivity contribution >= 4 is 0 Å². The van der Waals surface area contributed by atoms with E-state index in [4.69, 9.17) is 0 Å². The third-order valence-corrected chi connectivity index (χ3v) is 3.00. The standard InChI is InChI=1S/C12H13N3/c1-2-4-9(5-3-1)11-12-10(6-7-13-11)14-8-15-12/h1-5,8,11,13H,6-7H2,(H,14,15)/p+1/t11-/m0/s1. The van der Waals surface area contributed by atoms with Gasteiger partial charge in [-0.05, 0) is 0 Å². The fourth-order valence-electron chi connectivity index (χ4n) is 2.26. The van der Waals surface area contributed by atoms with Gasteiger partial charge in [-0.15, -0.1) is 0 Å². The Morgan fingerprint density at radius 2 is 2.13 bits per heavy atom. The predicted molar refractivity (Wildman–Crippen MR) is 57.4 cm³/mol. The summed E-state index contributed by atoms with van der Waals surface area (Å²) in [5.41, 5.74) is 3.84. The second kappa shape index (κ2) is 3.51. The number of nitrogens with zero attached hydrogens (tertiary/aromatic N) is 1. The average Bonchev–Trinajstić information content (AvgIpc) is 2.78. The van der Waals surface area contributed by atoms with Gasteiger partial charge in [0.25, 0.3) is 0 Å². The molecule has 0 aliphatic carbocycles. The lowest BCUT2D eigenvalue weighted by atomic mass is 9.98. The lowest BCUT2D eigenvalue weighted by Gasteiger charge is -2.19. The van der Waals surface area contributed by atoms with Crippen LogP contribution in [0.15, 0.2) is 36.7 Å². The normalized spacial score (nSPS) is 19.9. The van der Waals surface area contributed by atoms with Crippen LogP contribution in [-0.4, -0.2) is 16.5 Å². The van der Waals surface area contributed by atoms with Gasteiger partial charge in [-0.2, -0.15) is 0 Å². The van der Waals surface area contributed by atoms with E-state index in [2.05, 4.69) is 45.6 Å². The first kappa shape index (κ1) is 8.68. The minimum absolute atomic E-state index is 0.376. The monoisotopic (exact) mass is 200 g/mol. The van der Waals surface area contributed by atoms with Gasteiger partial charge in [0.1, 0.15) is 5.69 Å². The second-order valence-corrected chi connectivity index (χ2v) is 3.93. The Labute approximate surface area is 88.6 Å². The van der Waals surface area contributed by atoms with Crippen molar-refractivity contribution in [2.75, 3.05) is 6.54 Å². The lowest BCUT2D eigenvalue weighted by molar-refractivity contribution is -0.690. The maximum absolute atomic E-state index is 4.43. The van der Waals surface area contributed by atoms with Crippen molar-refractivity contribution in [1.29, 1.82) is 0 Å². The fraction of sp³-hybridized carbons (Fsp3) is 0.250. The summed E-state index contributed by atoms with van der Waals surface area (Å²) in [6.07, 6.45) is 2.90. The molecule has 1 aliphatic heterocycles. The molecule has 0 amide bonds. The molecular formula is C12H14N3+. The third-order valence-electron chi connectivity index (χ3n) is 3.00. The summed E-state index contributed by atoms with van der Waals surface area (Å²) in [6.45, 7) is 1.13. The van der Waals surface area contributed by atoms with Crippen LogP contribution in [0.25, 0.3) is 0 Å². The van der Waals surface area contributed by atoms with Crippen LogP contribution in [0.3, 0.4) is 0 Å². The number of rotatable bonds is 1. The maximum Gasteiger partial charge on any atom is 0.156 e. The van der Waals surface area contributed by atoms with Gasteiger partial charge in [0.05, 0.1) is 12.9 Å². The van der Waals surface area contributed by atoms with Gasteiger partial charge in [0, 0.05) is 17.7 Å². The summed E-state index contributed by atoms with van der Waals surface area (Å²) in [5.74, 6) is 0. The van der Waals surface area contributed by atoms with E-state index in [0.717, 1.165) is 13.0 Å². The molecule has 1 aromatic heterocycles. The number of benzene rings is 1. The Hall–Kier alpha value is -1.61. The number of H-pyrrole nitrogens is 1. The zero-order valence-corrected chi connectivity index (χ0v) is 8.48. The smallest absolute Gasteiger partial charge is 0.156 e. The summed E-state index contributed by atoms with van der Waals surface area (Å²) in [5, 5.41) is 2.36. The SMILES string of the molecule is c1ccc([C@@H]2[NH2+]CCc3[nH]cnc32)cc1. The Bertz CT molecular complexity index is 447. The summed E-state index contributed by atoms with van der Waals surface area (Å²) < 4.78 is 0. The molecule has 2 heterocycles. The van der Waals surface area contributed by atoms with Crippen LogP contribution in [0.2, 0.25) is 0 Å². The molecule has 0 spiro atoms. The second-order valence-electron chi connectivity index (χ2n) is 3.93. The molecule has 0 saturated heterocycles. The van der Waals surface area contributed by atoms with Crippen molar-refractivity contribution in [3.63, 3.8) is 0 Å².